The summed E-state index contributed by atoms with van der Waals surface area (Å²) in [6.07, 6.45) is -6.11. The predicted molar refractivity (Wildman–Crippen MR) is 54.4 cm³/mol. The van der Waals surface area contributed by atoms with Gasteiger partial charge in [0, 0.05) is 6.42 Å². The van der Waals surface area contributed by atoms with Gasteiger partial charge in [-0.25, -0.2) is 0 Å². The molecule has 5 atom stereocenters. The Morgan fingerprint density at radius 3 is 2.06 bits per heavy atom. The van der Waals surface area contributed by atoms with Gasteiger partial charge < -0.3 is 31.3 Å². The van der Waals surface area contributed by atoms with Crippen molar-refractivity contribution >= 4 is 5.78 Å². The van der Waals surface area contributed by atoms with E-state index in [1.807, 2.05) is 0 Å². The molecular formula is C9H19NO6. The topological polar surface area (TPSA) is 144 Å². The zero-order valence-electron chi connectivity index (χ0n) is 9.02. The van der Waals surface area contributed by atoms with Crippen LogP contribution in [0.3, 0.4) is 0 Å². The van der Waals surface area contributed by atoms with Gasteiger partial charge in [0.15, 0.2) is 5.78 Å². The molecule has 0 bridgehead atoms. The number of aliphatic hydroxyl groups excluding tert-OH is 5. The Labute approximate surface area is 93.1 Å². The molecule has 0 rings (SSSR count). The fraction of sp³-hybridized carbons (Fsp3) is 0.889. The average Bonchev–Trinajstić information content (AvgIpc) is 2.23. The van der Waals surface area contributed by atoms with Crippen LogP contribution in [0.5, 0.6) is 0 Å². The van der Waals surface area contributed by atoms with E-state index in [2.05, 4.69) is 0 Å². The van der Waals surface area contributed by atoms with Crippen LogP contribution in [0.25, 0.3) is 0 Å². The molecule has 0 aliphatic rings. The number of rotatable bonds is 7. The fourth-order valence-electron chi connectivity index (χ4n) is 1.17. The third-order valence-corrected chi connectivity index (χ3v) is 2.17. The first kappa shape index (κ1) is 15.4. The Kier molecular flexibility index (Phi) is 6.65. The van der Waals surface area contributed by atoms with Crippen LogP contribution in [-0.4, -0.2) is 68.4 Å². The SMILES string of the molecule is CC(O)CC(=O)[C@H](N)[C@@H](O)[C@H](O)[C@H](O)CO. The molecule has 0 aromatic rings. The molecular weight excluding hydrogens is 218 g/mol. The minimum atomic E-state index is -1.71. The average molecular weight is 237 g/mol. The summed E-state index contributed by atoms with van der Waals surface area (Å²) >= 11 is 0. The largest absolute Gasteiger partial charge is 0.394 e. The number of nitrogens with two attached hydrogens (primary N) is 1. The van der Waals surface area contributed by atoms with E-state index in [-0.39, 0.29) is 6.42 Å². The first-order chi connectivity index (χ1) is 7.31. The molecule has 0 amide bonds. The van der Waals surface area contributed by atoms with Gasteiger partial charge in [-0.3, -0.25) is 4.79 Å². The van der Waals surface area contributed by atoms with Gasteiger partial charge in [0.1, 0.15) is 18.3 Å². The highest BCUT2D eigenvalue weighted by Crippen LogP contribution is 2.06. The second-order valence-corrected chi connectivity index (χ2v) is 3.78. The maximum atomic E-state index is 11.3. The van der Waals surface area contributed by atoms with E-state index in [9.17, 15) is 15.0 Å². The lowest BCUT2D eigenvalue weighted by molar-refractivity contribution is -0.130. The number of ketones is 1. The Morgan fingerprint density at radius 1 is 1.19 bits per heavy atom. The van der Waals surface area contributed by atoms with E-state index in [1.165, 1.54) is 6.92 Å². The van der Waals surface area contributed by atoms with Crippen LogP contribution in [0.4, 0.5) is 0 Å². The Balaban J connectivity index is 4.36. The Bertz CT molecular complexity index is 222. The maximum Gasteiger partial charge on any atom is 0.154 e. The number of hydrogen-bond acceptors (Lipinski definition) is 7. The molecule has 1 unspecified atom stereocenters. The Hall–Kier alpha value is -0.570. The molecule has 0 spiro atoms. The van der Waals surface area contributed by atoms with Crippen molar-refractivity contribution in [2.75, 3.05) is 6.61 Å². The molecule has 0 aliphatic carbocycles. The van der Waals surface area contributed by atoms with E-state index >= 15 is 0 Å². The zero-order valence-corrected chi connectivity index (χ0v) is 9.02. The van der Waals surface area contributed by atoms with Crippen molar-refractivity contribution in [1.29, 1.82) is 0 Å². The molecule has 0 aromatic carbocycles. The molecule has 0 fully saturated rings. The van der Waals surface area contributed by atoms with Crippen LogP contribution in [0.1, 0.15) is 13.3 Å². The number of Topliss-reactive ketones (excluding diaryl/α,β-unsaturated/α-hetero) is 1. The van der Waals surface area contributed by atoms with Crippen LogP contribution in [-0.2, 0) is 4.79 Å². The van der Waals surface area contributed by atoms with Crippen molar-refractivity contribution in [1.82, 2.24) is 0 Å². The van der Waals surface area contributed by atoms with Crippen molar-refractivity contribution in [2.45, 2.75) is 43.8 Å². The predicted octanol–water partition coefficient (Wildman–Crippen LogP) is -3.27. The Morgan fingerprint density at radius 2 is 1.69 bits per heavy atom. The van der Waals surface area contributed by atoms with E-state index in [1.54, 1.807) is 0 Å². The second-order valence-electron chi connectivity index (χ2n) is 3.78. The van der Waals surface area contributed by atoms with Gasteiger partial charge in [-0.2, -0.15) is 0 Å². The van der Waals surface area contributed by atoms with E-state index in [4.69, 9.17) is 21.1 Å². The molecule has 0 aromatic heterocycles. The molecule has 16 heavy (non-hydrogen) atoms. The normalized spacial score (nSPS) is 20.9. The summed E-state index contributed by atoms with van der Waals surface area (Å²) in [7, 11) is 0. The minimum Gasteiger partial charge on any atom is -0.394 e. The highest BCUT2D eigenvalue weighted by molar-refractivity contribution is 5.84. The van der Waals surface area contributed by atoms with Gasteiger partial charge >= 0.3 is 0 Å². The summed E-state index contributed by atoms with van der Waals surface area (Å²) < 4.78 is 0. The lowest BCUT2D eigenvalue weighted by Crippen LogP contribution is -2.53. The molecule has 7 N–H and O–H groups in total. The third-order valence-electron chi connectivity index (χ3n) is 2.17. The molecule has 7 nitrogen and oxygen atoms in total. The van der Waals surface area contributed by atoms with Crippen LogP contribution < -0.4 is 5.73 Å². The summed E-state index contributed by atoms with van der Waals surface area (Å²) in [5, 5.41) is 45.2. The third kappa shape index (κ3) is 4.52. The zero-order chi connectivity index (χ0) is 12.9. The summed E-state index contributed by atoms with van der Waals surface area (Å²) in [5.74, 6) is -0.633. The van der Waals surface area contributed by atoms with Gasteiger partial charge in [-0.15, -0.1) is 0 Å². The van der Waals surface area contributed by atoms with Crippen molar-refractivity contribution in [3.05, 3.63) is 0 Å². The second kappa shape index (κ2) is 6.89. The quantitative estimate of drug-likeness (QED) is 0.272. The maximum absolute atomic E-state index is 11.3. The summed E-state index contributed by atoms with van der Waals surface area (Å²) in [6, 6.07) is -1.41. The molecule has 0 radical (unpaired) electrons. The van der Waals surface area contributed by atoms with Gasteiger partial charge in [0.05, 0.1) is 18.8 Å². The molecule has 0 saturated heterocycles. The van der Waals surface area contributed by atoms with Crippen LogP contribution >= 0.6 is 0 Å². The number of carbonyl (C=O) groups is 1. The first-order valence-electron chi connectivity index (χ1n) is 4.92. The minimum absolute atomic E-state index is 0.250. The summed E-state index contributed by atoms with van der Waals surface area (Å²) in [5.41, 5.74) is 5.34. The van der Waals surface area contributed by atoms with Crippen LogP contribution in [0.15, 0.2) is 0 Å². The molecule has 0 heterocycles. The summed E-state index contributed by atoms with van der Waals surface area (Å²) in [6.45, 7) is 0.630. The van der Waals surface area contributed by atoms with Crippen molar-refractivity contribution in [2.24, 2.45) is 5.73 Å². The summed E-state index contributed by atoms with van der Waals surface area (Å²) in [4.78, 5) is 11.3. The molecule has 0 saturated carbocycles. The van der Waals surface area contributed by atoms with Gasteiger partial charge in [0.2, 0.25) is 0 Å². The van der Waals surface area contributed by atoms with E-state index < -0.39 is 42.8 Å². The molecule has 96 valence electrons. The highest BCUT2D eigenvalue weighted by Gasteiger charge is 2.32. The monoisotopic (exact) mass is 237 g/mol. The molecule has 7 heteroatoms. The van der Waals surface area contributed by atoms with E-state index in [0.29, 0.717) is 0 Å². The lowest BCUT2D eigenvalue weighted by atomic mass is 9.96. The van der Waals surface area contributed by atoms with Gasteiger partial charge in [-0.1, -0.05) is 0 Å². The van der Waals surface area contributed by atoms with Gasteiger partial charge in [-0.05, 0) is 6.92 Å². The van der Waals surface area contributed by atoms with Crippen molar-refractivity contribution in [3.8, 4) is 0 Å². The highest BCUT2D eigenvalue weighted by atomic mass is 16.4. The van der Waals surface area contributed by atoms with Crippen molar-refractivity contribution < 1.29 is 30.3 Å². The lowest BCUT2D eigenvalue weighted by Gasteiger charge is -2.25. The number of aliphatic hydroxyl groups is 5. The fourth-order valence-corrected chi connectivity index (χ4v) is 1.17. The first-order valence-corrected chi connectivity index (χ1v) is 4.92. The smallest absolute Gasteiger partial charge is 0.154 e. The number of carbonyl (C=O) groups excluding carboxylic acids is 1. The van der Waals surface area contributed by atoms with E-state index in [0.717, 1.165) is 0 Å². The molecule has 0 aliphatic heterocycles. The van der Waals surface area contributed by atoms with Crippen LogP contribution in [0.2, 0.25) is 0 Å². The van der Waals surface area contributed by atoms with Gasteiger partial charge in [0.25, 0.3) is 0 Å². The number of hydrogen-bond donors (Lipinski definition) is 6. The van der Waals surface area contributed by atoms with Crippen molar-refractivity contribution in [3.63, 3.8) is 0 Å². The van der Waals surface area contributed by atoms with Crippen LogP contribution in [0, 0.1) is 0 Å². The standard InChI is InChI=1S/C9H19NO6/c1-4(12)2-5(13)7(10)9(16)8(15)6(14)3-11/h4,6-9,11-12,14-16H,2-3,10H2,1H3/t4?,6-,7+,8-,9-/m1/s1.